The van der Waals surface area contributed by atoms with Gasteiger partial charge in [-0.25, -0.2) is 0 Å². The Kier molecular flexibility index (Phi) is 4.34. The molecule has 0 heterocycles. The summed E-state index contributed by atoms with van der Waals surface area (Å²) in [4.78, 5) is 12.1. The minimum atomic E-state index is -4.35. The Labute approximate surface area is 103 Å². The molecule has 3 nitrogen and oxygen atoms in total. The van der Waals surface area contributed by atoms with E-state index in [0.29, 0.717) is 5.56 Å². The fourth-order valence-corrected chi connectivity index (χ4v) is 1.56. The maximum Gasteiger partial charge on any atom is 0.416 e. The molecule has 0 bridgehead atoms. The lowest BCUT2D eigenvalue weighted by atomic mass is 10.0. The van der Waals surface area contributed by atoms with E-state index in [-0.39, 0.29) is 12.6 Å². The van der Waals surface area contributed by atoms with E-state index >= 15 is 0 Å². The van der Waals surface area contributed by atoms with Gasteiger partial charge in [0.05, 0.1) is 12.1 Å². The predicted molar refractivity (Wildman–Crippen MR) is 60.1 cm³/mol. The summed E-state index contributed by atoms with van der Waals surface area (Å²) in [5.74, 6) is -0.976. The van der Waals surface area contributed by atoms with E-state index in [9.17, 15) is 18.0 Å². The second kappa shape index (κ2) is 5.39. The van der Waals surface area contributed by atoms with E-state index in [1.54, 1.807) is 18.9 Å². The monoisotopic (exact) mass is 261 g/mol. The topological polar surface area (TPSA) is 40.5 Å². The maximum atomic E-state index is 12.4. The van der Waals surface area contributed by atoms with Crippen LogP contribution in [0.5, 0.6) is 0 Å². The highest BCUT2D eigenvalue weighted by atomic mass is 19.4. The molecule has 0 radical (unpaired) electrons. The van der Waals surface area contributed by atoms with Crippen LogP contribution in [0.15, 0.2) is 24.3 Å². The molecule has 0 fully saturated rings. The third-order valence-electron chi connectivity index (χ3n) is 2.77. The van der Waals surface area contributed by atoms with Crippen LogP contribution in [0.25, 0.3) is 0 Å². The zero-order chi connectivity index (χ0) is 13.9. The van der Waals surface area contributed by atoms with Gasteiger partial charge in [-0.3, -0.25) is 9.69 Å². The summed E-state index contributed by atoms with van der Waals surface area (Å²) >= 11 is 0. The standard InChI is InChI=1S/C12H14F3NO2/c1-8(16(2)7-11(17)18)9-3-5-10(6-4-9)12(13,14)15/h3-6,8H,7H2,1-2H3,(H,17,18). The minimum absolute atomic E-state index is 0.164. The Morgan fingerprint density at radius 1 is 1.33 bits per heavy atom. The number of alkyl halides is 3. The van der Waals surface area contributed by atoms with Crippen LogP contribution in [0.2, 0.25) is 0 Å². The normalized spacial score (nSPS) is 13.7. The summed E-state index contributed by atoms with van der Waals surface area (Å²) in [6.45, 7) is 1.58. The highest BCUT2D eigenvalue weighted by molar-refractivity contribution is 5.69. The minimum Gasteiger partial charge on any atom is -0.480 e. The molecule has 1 unspecified atom stereocenters. The number of carbonyl (C=O) groups is 1. The van der Waals surface area contributed by atoms with Gasteiger partial charge in [0.1, 0.15) is 0 Å². The predicted octanol–water partition coefficient (Wildman–Crippen LogP) is 2.78. The van der Waals surface area contributed by atoms with Crippen LogP contribution in [-0.2, 0) is 11.0 Å². The third-order valence-corrected chi connectivity index (χ3v) is 2.77. The van der Waals surface area contributed by atoms with Crippen LogP contribution < -0.4 is 0 Å². The Balaban J connectivity index is 2.82. The molecule has 0 saturated carbocycles. The molecule has 0 saturated heterocycles. The number of hydrogen-bond acceptors (Lipinski definition) is 2. The Morgan fingerprint density at radius 2 is 1.83 bits per heavy atom. The highest BCUT2D eigenvalue weighted by Crippen LogP contribution is 2.30. The average Bonchev–Trinajstić information content (AvgIpc) is 2.26. The lowest BCUT2D eigenvalue weighted by molar-refractivity contribution is -0.138. The molecule has 0 amide bonds. The number of halogens is 3. The van der Waals surface area contributed by atoms with Gasteiger partial charge in [-0.2, -0.15) is 13.2 Å². The van der Waals surface area contributed by atoms with Crippen LogP contribution in [0.1, 0.15) is 24.1 Å². The summed E-state index contributed by atoms with van der Waals surface area (Å²) < 4.78 is 37.1. The first-order valence-electron chi connectivity index (χ1n) is 5.31. The summed E-state index contributed by atoms with van der Waals surface area (Å²) in [5.41, 5.74) is -0.0638. The fraction of sp³-hybridized carbons (Fsp3) is 0.417. The lowest BCUT2D eigenvalue weighted by Gasteiger charge is -2.23. The number of rotatable bonds is 4. The van der Waals surface area contributed by atoms with Crippen LogP contribution in [0, 0.1) is 0 Å². The summed E-state index contributed by atoms with van der Waals surface area (Å²) in [6, 6.07) is 4.47. The van der Waals surface area contributed by atoms with E-state index in [1.165, 1.54) is 12.1 Å². The molecule has 0 aliphatic rings. The first-order chi connectivity index (χ1) is 8.21. The molecule has 0 aliphatic carbocycles. The van der Waals surface area contributed by atoms with Gasteiger partial charge in [0, 0.05) is 6.04 Å². The quantitative estimate of drug-likeness (QED) is 0.906. The molecule has 18 heavy (non-hydrogen) atoms. The molecule has 1 atom stereocenters. The summed E-state index contributed by atoms with van der Waals surface area (Å²) in [7, 11) is 1.61. The molecular formula is C12H14F3NO2. The number of benzene rings is 1. The van der Waals surface area contributed by atoms with Crippen molar-refractivity contribution in [3.63, 3.8) is 0 Å². The number of hydrogen-bond donors (Lipinski definition) is 1. The molecule has 1 N–H and O–H groups in total. The molecular weight excluding hydrogens is 247 g/mol. The van der Waals surface area contributed by atoms with E-state index in [0.717, 1.165) is 12.1 Å². The number of carboxylic acids is 1. The molecule has 1 aromatic rings. The second-order valence-electron chi connectivity index (χ2n) is 4.10. The molecule has 0 aromatic heterocycles. The molecule has 6 heteroatoms. The van der Waals surface area contributed by atoms with Crippen LogP contribution in [-0.4, -0.2) is 29.6 Å². The SMILES string of the molecule is CC(c1ccc(C(F)(F)F)cc1)N(C)CC(=O)O. The third kappa shape index (κ3) is 3.73. The Hall–Kier alpha value is -1.56. The lowest BCUT2D eigenvalue weighted by Crippen LogP contribution is -2.28. The van der Waals surface area contributed by atoms with Gasteiger partial charge in [0.25, 0.3) is 0 Å². The number of aliphatic carboxylic acids is 1. The number of nitrogens with zero attached hydrogens (tertiary/aromatic N) is 1. The molecule has 1 rings (SSSR count). The second-order valence-corrected chi connectivity index (χ2v) is 4.10. The van der Waals surface area contributed by atoms with Gasteiger partial charge in [0.2, 0.25) is 0 Å². The molecule has 0 spiro atoms. The van der Waals surface area contributed by atoms with E-state index in [4.69, 9.17) is 5.11 Å². The van der Waals surface area contributed by atoms with Crippen LogP contribution in [0.4, 0.5) is 13.2 Å². The average molecular weight is 261 g/mol. The zero-order valence-corrected chi connectivity index (χ0v) is 10.0. The van der Waals surface area contributed by atoms with Gasteiger partial charge < -0.3 is 5.11 Å². The molecule has 1 aromatic carbocycles. The van der Waals surface area contributed by atoms with Gasteiger partial charge >= 0.3 is 12.1 Å². The van der Waals surface area contributed by atoms with E-state index < -0.39 is 17.7 Å². The van der Waals surface area contributed by atoms with Crippen molar-refractivity contribution in [1.29, 1.82) is 0 Å². The van der Waals surface area contributed by atoms with Crippen molar-refractivity contribution < 1.29 is 23.1 Å². The van der Waals surface area contributed by atoms with E-state index in [1.807, 2.05) is 0 Å². The maximum absolute atomic E-state index is 12.4. The summed E-state index contributed by atoms with van der Waals surface area (Å²) in [5, 5.41) is 8.64. The summed E-state index contributed by atoms with van der Waals surface area (Å²) in [6.07, 6.45) is -4.35. The van der Waals surface area contributed by atoms with Crippen molar-refractivity contribution in [1.82, 2.24) is 4.90 Å². The van der Waals surface area contributed by atoms with Gasteiger partial charge in [0.15, 0.2) is 0 Å². The fourth-order valence-electron chi connectivity index (χ4n) is 1.56. The first kappa shape index (κ1) is 14.5. The van der Waals surface area contributed by atoms with Crippen LogP contribution in [0.3, 0.4) is 0 Å². The number of likely N-dealkylation sites (N-methyl/N-ethyl adjacent to an activating group) is 1. The first-order valence-corrected chi connectivity index (χ1v) is 5.31. The van der Waals surface area contributed by atoms with Crippen molar-refractivity contribution in [3.8, 4) is 0 Å². The van der Waals surface area contributed by atoms with Crippen LogP contribution >= 0.6 is 0 Å². The smallest absolute Gasteiger partial charge is 0.416 e. The van der Waals surface area contributed by atoms with Gasteiger partial charge in [-0.05, 0) is 31.7 Å². The molecule has 100 valence electrons. The Bertz CT molecular complexity index is 414. The van der Waals surface area contributed by atoms with Crippen molar-refractivity contribution in [3.05, 3.63) is 35.4 Å². The highest BCUT2D eigenvalue weighted by Gasteiger charge is 2.30. The largest absolute Gasteiger partial charge is 0.480 e. The van der Waals surface area contributed by atoms with Gasteiger partial charge in [-0.1, -0.05) is 12.1 Å². The Morgan fingerprint density at radius 3 is 2.22 bits per heavy atom. The van der Waals surface area contributed by atoms with E-state index in [2.05, 4.69) is 0 Å². The molecule has 0 aliphatic heterocycles. The van der Waals surface area contributed by atoms with Crippen molar-refractivity contribution in [2.45, 2.75) is 19.1 Å². The van der Waals surface area contributed by atoms with Crippen molar-refractivity contribution >= 4 is 5.97 Å². The number of carboxylic acid groups (broad SMARTS) is 1. The van der Waals surface area contributed by atoms with Crippen molar-refractivity contribution in [2.75, 3.05) is 13.6 Å². The van der Waals surface area contributed by atoms with Crippen molar-refractivity contribution in [2.24, 2.45) is 0 Å². The van der Waals surface area contributed by atoms with Gasteiger partial charge in [-0.15, -0.1) is 0 Å². The zero-order valence-electron chi connectivity index (χ0n) is 10.0.